The molecule has 0 saturated heterocycles. The molecule has 0 fully saturated rings. The van der Waals surface area contributed by atoms with Crippen LogP contribution in [0.4, 0.5) is 27.8 Å². The van der Waals surface area contributed by atoms with Gasteiger partial charge >= 0.3 is 6.18 Å². The zero-order valence-corrected chi connectivity index (χ0v) is 11.0. The van der Waals surface area contributed by atoms with E-state index in [2.05, 4.69) is 10.3 Å². The molecule has 0 amide bonds. The highest BCUT2D eigenvalue weighted by atomic mass is 19.4. The van der Waals surface area contributed by atoms with Crippen LogP contribution in [0, 0.1) is 11.6 Å². The van der Waals surface area contributed by atoms with E-state index in [1.165, 1.54) is 6.07 Å². The molecule has 0 aliphatic carbocycles. The molecule has 22 heavy (non-hydrogen) atoms. The predicted octanol–water partition coefficient (Wildman–Crippen LogP) is 3.52. The highest BCUT2D eigenvalue weighted by Crippen LogP contribution is 2.28. The zero-order valence-electron chi connectivity index (χ0n) is 11.0. The fraction of sp³-hybridized carbons (Fsp3) is 0.214. The van der Waals surface area contributed by atoms with Crippen LogP contribution in [0.2, 0.25) is 0 Å². The van der Waals surface area contributed by atoms with Gasteiger partial charge in [0.05, 0.1) is 5.56 Å². The SMILES string of the molecule is OC(CNc1cccc(C(F)(F)F)n1)c1c(F)cccc1F. The van der Waals surface area contributed by atoms with Gasteiger partial charge in [0.15, 0.2) is 0 Å². The number of benzene rings is 1. The predicted molar refractivity (Wildman–Crippen MR) is 69.0 cm³/mol. The Hall–Kier alpha value is -2.22. The molecule has 118 valence electrons. The summed E-state index contributed by atoms with van der Waals surface area (Å²) in [5.74, 6) is -2.04. The first-order valence-electron chi connectivity index (χ1n) is 6.19. The summed E-state index contributed by atoms with van der Waals surface area (Å²) >= 11 is 0. The second kappa shape index (κ2) is 6.27. The van der Waals surface area contributed by atoms with Crippen LogP contribution in [0.5, 0.6) is 0 Å². The van der Waals surface area contributed by atoms with Crippen LogP contribution in [0.15, 0.2) is 36.4 Å². The number of pyridine rings is 1. The fourth-order valence-electron chi connectivity index (χ4n) is 1.82. The van der Waals surface area contributed by atoms with Gasteiger partial charge < -0.3 is 10.4 Å². The average molecular weight is 318 g/mol. The molecule has 0 spiro atoms. The summed E-state index contributed by atoms with van der Waals surface area (Å²) in [6.45, 7) is -0.397. The molecule has 8 heteroatoms. The van der Waals surface area contributed by atoms with Gasteiger partial charge in [0, 0.05) is 6.54 Å². The minimum absolute atomic E-state index is 0.161. The zero-order chi connectivity index (χ0) is 16.3. The van der Waals surface area contributed by atoms with Crippen LogP contribution >= 0.6 is 0 Å². The Balaban J connectivity index is 2.10. The van der Waals surface area contributed by atoms with Gasteiger partial charge in [-0.15, -0.1) is 0 Å². The molecule has 3 nitrogen and oxygen atoms in total. The lowest BCUT2D eigenvalue weighted by molar-refractivity contribution is -0.141. The molecule has 1 unspecified atom stereocenters. The van der Waals surface area contributed by atoms with E-state index in [0.717, 1.165) is 30.3 Å². The van der Waals surface area contributed by atoms with Gasteiger partial charge in [-0.2, -0.15) is 13.2 Å². The van der Waals surface area contributed by atoms with Gasteiger partial charge in [0.25, 0.3) is 0 Å². The Morgan fingerprint density at radius 1 is 1.05 bits per heavy atom. The lowest BCUT2D eigenvalue weighted by Crippen LogP contribution is -2.17. The number of hydrogen-bond acceptors (Lipinski definition) is 3. The summed E-state index contributed by atoms with van der Waals surface area (Å²) in [6, 6.07) is 6.27. The van der Waals surface area contributed by atoms with E-state index < -0.39 is 41.7 Å². The van der Waals surface area contributed by atoms with E-state index in [-0.39, 0.29) is 5.82 Å². The summed E-state index contributed by atoms with van der Waals surface area (Å²) in [5, 5.41) is 12.2. The summed E-state index contributed by atoms with van der Waals surface area (Å²) in [4.78, 5) is 3.32. The molecule has 0 bridgehead atoms. The second-order valence-electron chi connectivity index (χ2n) is 4.44. The molecule has 1 aromatic heterocycles. The van der Waals surface area contributed by atoms with E-state index in [1.807, 2.05) is 0 Å². The molecule has 2 rings (SSSR count). The maximum absolute atomic E-state index is 13.5. The van der Waals surface area contributed by atoms with Crippen LogP contribution in [-0.2, 0) is 6.18 Å². The highest BCUT2D eigenvalue weighted by Gasteiger charge is 2.32. The van der Waals surface area contributed by atoms with Crippen LogP contribution in [-0.4, -0.2) is 16.6 Å². The number of nitrogens with zero attached hydrogens (tertiary/aromatic N) is 1. The van der Waals surface area contributed by atoms with E-state index in [1.54, 1.807) is 0 Å². The van der Waals surface area contributed by atoms with Gasteiger partial charge in [-0.05, 0) is 24.3 Å². The Bertz CT molecular complexity index is 640. The number of aliphatic hydroxyl groups excluding tert-OH is 1. The maximum Gasteiger partial charge on any atom is 0.433 e. The van der Waals surface area contributed by atoms with E-state index >= 15 is 0 Å². The number of nitrogens with one attached hydrogen (secondary N) is 1. The Morgan fingerprint density at radius 3 is 2.23 bits per heavy atom. The molecule has 1 heterocycles. The Labute approximate surface area is 122 Å². The molecular weight excluding hydrogens is 307 g/mol. The summed E-state index contributed by atoms with van der Waals surface area (Å²) < 4.78 is 64.4. The van der Waals surface area contributed by atoms with Crippen molar-refractivity contribution in [3.8, 4) is 0 Å². The standard InChI is InChI=1S/C14H11F5N2O/c15-8-3-1-4-9(16)13(8)10(22)7-20-12-6-2-5-11(21-12)14(17,18)19/h1-6,10,22H,7H2,(H,20,21). The number of anilines is 1. The van der Waals surface area contributed by atoms with Crippen molar-refractivity contribution in [2.45, 2.75) is 12.3 Å². The summed E-state index contributed by atoms with van der Waals surface area (Å²) in [5.41, 5.74) is -1.66. The van der Waals surface area contributed by atoms with Crippen molar-refractivity contribution in [2.24, 2.45) is 0 Å². The number of halogens is 5. The van der Waals surface area contributed by atoms with Crippen molar-refractivity contribution in [3.63, 3.8) is 0 Å². The lowest BCUT2D eigenvalue weighted by atomic mass is 10.1. The second-order valence-corrected chi connectivity index (χ2v) is 4.44. The van der Waals surface area contributed by atoms with E-state index in [9.17, 15) is 27.1 Å². The van der Waals surface area contributed by atoms with Gasteiger partial charge in [-0.25, -0.2) is 13.8 Å². The summed E-state index contributed by atoms with van der Waals surface area (Å²) in [7, 11) is 0. The normalized spacial score (nSPS) is 13.0. The topological polar surface area (TPSA) is 45.1 Å². The third-order valence-corrected chi connectivity index (χ3v) is 2.85. The lowest BCUT2D eigenvalue weighted by Gasteiger charge is -2.15. The molecule has 0 aliphatic heterocycles. The van der Waals surface area contributed by atoms with Gasteiger partial charge in [-0.1, -0.05) is 12.1 Å². The van der Waals surface area contributed by atoms with Crippen molar-refractivity contribution in [3.05, 3.63) is 59.3 Å². The molecule has 0 saturated carbocycles. The average Bonchev–Trinajstić information content (AvgIpc) is 2.44. The Kier molecular flexibility index (Phi) is 4.60. The number of hydrogen-bond donors (Lipinski definition) is 2. The first kappa shape index (κ1) is 16.2. The molecular formula is C14H11F5N2O. The van der Waals surface area contributed by atoms with E-state index in [0.29, 0.717) is 0 Å². The molecule has 0 radical (unpaired) electrons. The van der Waals surface area contributed by atoms with Crippen molar-refractivity contribution in [1.29, 1.82) is 0 Å². The monoisotopic (exact) mass is 318 g/mol. The fourth-order valence-corrected chi connectivity index (χ4v) is 1.82. The largest absolute Gasteiger partial charge is 0.433 e. The maximum atomic E-state index is 13.5. The van der Waals surface area contributed by atoms with Crippen LogP contribution < -0.4 is 5.32 Å². The van der Waals surface area contributed by atoms with Crippen molar-refractivity contribution < 1.29 is 27.1 Å². The van der Waals surface area contributed by atoms with Gasteiger partial charge in [-0.3, -0.25) is 0 Å². The van der Waals surface area contributed by atoms with Crippen molar-refractivity contribution >= 4 is 5.82 Å². The van der Waals surface area contributed by atoms with Crippen LogP contribution in [0.3, 0.4) is 0 Å². The van der Waals surface area contributed by atoms with Gasteiger partial charge in [0.2, 0.25) is 0 Å². The number of aromatic nitrogens is 1. The first-order chi connectivity index (χ1) is 10.3. The van der Waals surface area contributed by atoms with Crippen LogP contribution in [0.1, 0.15) is 17.4 Å². The highest BCUT2D eigenvalue weighted by molar-refractivity contribution is 5.36. The number of aliphatic hydroxyl groups is 1. The summed E-state index contributed by atoms with van der Waals surface area (Å²) in [6.07, 6.45) is -6.17. The third-order valence-electron chi connectivity index (χ3n) is 2.85. The third kappa shape index (κ3) is 3.70. The smallest absolute Gasteiger partial charge is 0.386 e. The number of rotatable bonds is 4. The van der Waals surface area contributed by atoms with Crippen molar-refractivity contribution in [2.75, 3.05) is 11.9 Å². The molecule has 0 aliphatic rings. The first-order valence-corrected chi connectivity index (χ1v) is 6.19. The van der Waals surface area contributed by atoms with Gasteiger partial charge in [0.1, 0.15) is 29.3 Å². The minimum Gasteiger partial charge on any atom is -0.386 e. The number of alkyl halides is 3. The Morgan fingerprint density at radius 2 is 1.64 bits per heavy atom. The quantitative estimate of drug-likeness (QED) is 0.848. The molecule has 2 N–H and O–H groups in total. The molecule has 1 aromatic carbocycles. The molecule has 1 atom stereocenters. The van der Waals surface area contributed by atoms with E-state index in [4.69, 9.17) is 0 Å². The van der Waals surface area contributed by atoms with Crippen molar-refractivity contribution in [1.82, 2.24) is 4.98 Å². The minimum atomic E-state index is -4.60. The van der Waals surface area contributed by atoms with Crippen LogP contribution in [0.25, 0.3) is 0 Å². The molecule has 2 aromatic rings.